The Morgan fingerprint density at radius 1 is 0.740 bits per heavy atom. The van der Waals surface area contributed by atoms with E-state index >= 15 is 0 Å². The van der Waals surface area contributed by atoms with Crippen LogP contribution in [-0.2, 0) is 4.74 Å². The SMILES string of the molecule is Cc1cc(Cl)nc(C)c1C(=O)NCCC(C)N1CCC(N2C(=S)OC[C@H]2c2ccccc2)CC1.Cc1cc(F)nc(C)c1C(=O)NCCC(C)N1CCC(N2C(=O)N(C(C)(C)C)CC2c2cccc(Cl)c2)CC1. The number of carbonyl (C=O) groups is 3. The van der Waals surface area contributed by atoms with Crippen LogP contribution >= 0.6 is 35.4 Å². The smallest absolute Gasteiger partial charge is 0.321 e. The molecule has 17 heteroatoms. The summed E-state index contributed by atoms with van der Waals surface area (Å²) in [6.07, 6.45) is 5.60. The second-order valence-electron chi connectivity index (χ2n) is 21.2. The third kappa shape index (κ3) is 13.7. The molecule has 0 saturated carbocycles. The van der Waals surface area contributed by atoms with Crippen molar-refractivity contribution in [1.82, 2.24) is 45.1 Å². The van der Waals surface area contributed by atoms with Crippen molar-refractivity contribution in [3.05, 3.63) is 128 Å². The number of urea groups is 1. The molecule has 4 saturated heterocycles. The van der Waals surface area contributed by atoms with Gasteiger partial charge in [0, 0.05) is 80.5 Å². The fourth-order valence-electron chi connectivity index (χ4n) is 11.1. The van der Waals surface area contributed by atoms with Gasteiger partial charge < -0.3 is 39.9 Å². The van der Waals surface area contributed by atoms with E-state index in [1.54, 1.807) is 19.9 Å². The molecule has 6 heterocycles. The molecule has 4 atom stereocenters. The molecule has 73 heavy (non-hydrogen) atoms. The number of amides is 4. The van der Waals surface area contributed by atoms with E-state index in [-0.39, 0.29) is 47.6 Å². The van der Waals surface area contributed by atoms with Crippen molar-refractivity contribution in [3.63, 3.8) is 0 Å². The Kier molecular flexibility index (Phi) is 18.8. The lowest BCUT2D eigenvalue weighted by Gasteiger charge is -2.41. The second kappa shape index (κ2) is 24.6. The number of nitrogens with one attached hydrogen (secondary N) is 2. The number of aryl methyl sites for hydroxylation is 4. The zero-order valence-electron chi connectivity index (χ0n) is 44.0. The largest absolute Gasteiger partial charge is 0.468 e. The highest BCUT2D eigenvalue weighted by molar-refractivity contribution is 7.80. The molecular weight excluding hydrogens is 985 g/mol. The van der Waals surface area contributed by atoms with Crippen LogP contribution in [-0.4, -0.2) is 140 Å². The fraction of sp³-hybridized carbons (Fsp3) is 0.536. The van der Waals surface area contributed by atoms with Crippen molar-refractivity contribution >= 4 is 58.4 Å². The number of piperidine rings is 2. The van der Waals surface area contributed by atoms with Gasteiger partial charge in [-0.15, -0.1) is 0 Å². The molecule has 3 unspecified atom stereocenters. The highest BCUT2D eigenvalue weighted by Crippen LogP contribution is 2.39. The highest BCUT2D eigenvalue weighted by atomic mass is 35.5. The zero-order valence-corrected chi connectivity index (χ0v) is 46.3. The number of ether oxygens (including phenoxy) is 1. The lowest BCUT2D eigenvalue weighted by atomic mass is 9.97. The molecule has 0 bridgehead atoms. The Morgan fingerprint density at radius 3 is 1.78 bits per heavy atom. The third-order valence-electron chi connectivity index (χ3n) is 15.2. The fourth-order valence-corrected chi connectivity index (χ4v) is 12.0. The molecule has 2 aromatic carbocycles. The molecule has 13 nitrogen and oxygen atoms in total. The molecule has 0 spiro atoms. The van der Waals surface area contributed by atoms with E-state index in [1.807, 2.05) is 43.0 Å². The molecule has 4 amide bonds. The maximum Gasteiger partial charge on any atom is 0.321 e. The van der Waals surface area contributed by atoms with E-state index in [4.69, 9.17) is 40.2 Å². The van der Waals surface area contributed by atoms with E-state index in [0.29, 0.717) is 81.8 Å². The Balaban J connectivity index is 0.000000216. The van der Waals surface area contributed by atoms with Gasteiger partial charge in [0.05, 0.1) is 34.6 Å². The van der Waals surface area contributed by atoms with Crippen LogP contribution in [0.2, 0.25) is 10.2 Å². The van der Waals surface area contributed by atoms with E-state index < -0.39 is 5.95 Å². The summed E-state index contributed by atoms with van der Waals surface area (Å²) in [6, 6.07) is 22.9. The quantitative estimate of drug-likeness (QED) is 0.0931. The minimum absolute atomic E-state index is 0.0209. The average Bonchev–Trinajstić information content (AvgIpc) is 3.91. The maximum absolute atomic E-state index is 13.7. The number of halogens is 3. The number of hydrogen-bond donors (Lipinski definition) is 2. The molecule has 4 fully saturated rings. The van der Waals surface area contributed by atoms with Crippen molar-refractivity contribution in [3.8, 4) is 0 Å². The predicted octanol–water partition coefficient (Wildman–Crippen LogP) is 10.4. The van der Waals surface area contributed by atoms with Gasteiger partial charge in [0.2, 0.25) is 5.95 Å². The summed E-state index contributed by atoms with van der Waals surface area (Å²) in [6.45, 7) is 24.0. The number of rotatable bonds is 14. The van der Waals surface area contributed by atoms with Crippen molar-refractivity contribution in [2.24, 2.45) is 0 Å². The number of carbonyl (C=O) groups excluding carboxylic acids is 3. The normalized spacial score (nSPS) is 20.1. The van der Waals surface area contributed by atoms with E-state index in [2.05, 4.69) is 105 Å². The van der Waals surface area contributed by atoms with E-state index in [0.717, 1.165) is 75.8 Å². The Hall–Kier alpha value is -4.93. The Labute approximate surface area is 447 Å². The number of nitrogens with zero attached hydrogens (tertiary/aromatic N) is 7. The van der Waals surface area contributed by atoms with Crippen molar-refractivity contribution in [2.45, 2.75) is 143 Å². The number of benzene rings is 2. The van der Waals surface area contributed by atoms with Gasteiger partial charge >= 0.3 is 6.03 Å². The molecule has 0 radical (unpaired) electrons. The molecule has 4 aromatic rings. The highest BCUT2D eigenvalue weighted by Gasteiger charge is 2.46. The van der Waals surface area contributed by atoms with Crippen LogP contribution in [0.3, 0.4) is 0 Å². The number of pyridine rings is 2. The molecule has 4 aliphatic heterocycles. The van der Waals surface area contributed by atoms with Crippen LogP contribution in [0.5, 0.6) is 0 Å². The van der Waals surface area contributed by atoms with Crippen molar-refractivity contribution in [2.75, 3.05) is 52.4 Å². The molecule has 394 valence electrons. The number of likely N-dealkylation sites (tertiary alicyclic amines) is 2. The van der Waals surface area contributed by atoms with Crippen LogP contribution in [0.1, 0.15) is 140 Å². The zero-order chi connectivity index (χ0) is 52.7. The molecule has 2 N–H and O–H groups in total. The lowest BCUT2D eigenvalue weighted by Crippen LogP contribution is -2.51. The van der Waals surface area contributed by atoms with Gasteiger partial charge in [0.25, 0.3) is 17.0 Å². The number of aromatic nitrogens is 2. The van der Waals surface area contributed by atoms with Crippen LogP contribution in [0.4, 0.5) is 9.18 Å². The first-order chi connectivity index (χ1) is 34.7. The summed E-state index contributed by atoms with van der Waals surface area (Å²) < 4.78 is 19.3. The summed E-state index contributed by atoms with van der Waals surface area (Å²) in [5.74, 6) is -0.870. The van der Waals surface area contributed by atoms with Gasteiger partial charge in [-0.3, -0.25) is 9.59 Å². The van der Waals surface area contributed by atoms with Crippen LogP contribution in [0, 0.1) is 33.6 Å². The monoisotopic (exact) mass is 1060 g/mol. The first kappa shape index (κ1) is 55.8. The number of hydrogen-bond acceptors (Lipinski definition) is 9. The summed E-state index contributed by atoms with van der Waals surface area (Å²) in [5.41, 5.74) is 5.64. The van der Waals surface area contributed by atoms with Crippen molar-refractivity contribution in [1.29, 1.82) is 0 Å². The minimum atomic E-state index is -0.570. The summed E-state index contributed by atoms with van der Waals surface area (Å²) >= 11 is 17.9. The Bertz CT molecular complexity index is 2540. The summed E-state index contributed by atoms with van der Waals surface area (Å²) in [4.78, 5) is 58.4. The van der Waals surface area contributed by atoms with Crippen LogP contribution in [0.25, 0.3) is 0 Å². The molecule has 4 aliphatic rings. The molecule has 2 aromatic heterocycles. The van der Waals surface area contributed by atoms with Gasteiger partial charge in [-0.05, 0) is 160 Å². The first-order valence-corrected chi connectivity index (χ1v) is 27.1. The van der Waals surface area contributed by atoms with Gasteiger partial charge in [-0.1, -0.05) is 65.7 Å². The maximum atomic E-state index is 13.7. The van der Waals surface area contributed by atoms with Gasteiger partial charge in [0.15, 0.2) is 0 Å². The predicted molar refractivity (Wildman–Crippen MR) is 292 cm³/mol. The van der Waals surface area contributed by atoms with Crippen LogP contribution in [0.15, 0.2) is 66.7 Å². The van der Waals surface area contributed by atoms with E-state index in [1.165, 1.54) is 11.6 Å². The topological polar surface area (TPSA) is 126 Å². The first-order valence-electron chi connectivity index (χ1n) is 25.9. The van der Waals surface area contributed by atoms with Gasteiger partial charge in [0.1, 0.15) is 11.8 Å². The standard InChI is InChI=1S/C30H41ClFN5O2.C26H33ClN4O2S/c1-19-16-26(32)34-21(3)27(19)28(38)33-13-10-20(2)35-14-11-24(12-15-35)37-25(22-8-7-9-23(31)17-22)18-36(29(37)39)30(4,5)6;1-17-15-23(27)29-19(3)24(17)25(32)28-12-9-18(2)30-13-10-21(11-14-30)31-22(16-33-26(31)34)20-7-5-4-6-8-20/h7-9,16-17,20,24-25H,10-15,18H2,1-6H3,(H,33,38);4-8,15,18,21-22H,9-14,16H2,1-3H3,(H,28,32)/t;18?,22-/m.0/s1. The summed E-state index contributed by atoms with van der Waals surface area (Å²) in [7, 11) is 0. The minimum Gasteiger partial charge on any atom is -0.468 e. The third-order valence-corrected chi connectivity index (χ3v) is 16.0. The van der Waals surface area contributed by atoms with Crippen LogP contribution < -0.4 is 10.6 Å². The summed E-state index contributed by atoms with van der Waals surface area (Å²) in [5, 5.41) is 7.77. The Morgan fingerprint density at radius 2 is 1.26 bits per heavy atom. The molecule has 8 rings (SSSR count). The second-order valence-corrected chi connectivity index (χ2v) is 22.4. The van der Waals surface area contributed by atoms with Crippen molar-refractivity contribution < 1.29 is 23.5 Å². The molecular formula is C56H74Cl2FN9O4S. The van der Waals surface area contributed by atoms with Gasteiger partial charge in [-0.2, -0.15) is 4.39 Å². The average molecular weight is 1060 g/mol. The molecule has 0 aliphatic carbocycles. The van der Waals surface area contributed by atoms with Gasteiger partial charge in [-0.25, -0.2) is 14.8 Å². The lowest BCUT2D eigenvalue weighted by molar-refractivity contribution is 0.0871. The van der Waals surface area contributed by atoms with E-state index in [9.17, 15) is 18.8 Å². The number of thiocarbonyl (C=S) groups is 1.